The van der Waals surface area contributed by atoms with Gasteiger partial charge < -0.3 is 15.4 Å². The molecular formula is C23H22ClN5O2S. The van der Waals surface area contributed by atoms with Crippen molar-refractivity contribution in [3.63, 3.8) is 0 Å². The van der Waals surface area contributed by atoms with E-state index in [2.05, 4.69) is 25.6 Å². The van der Waals surface area contributed by atoms with Crippen LogP contribution in [0.15, 0.2) is 46.3 Å². The fraction of sp³-hybridized carbons (Fsp3) is 0.217. The van der Waals surface area contributed by atoms with Gasteiger partial charge in [0.25, 0.3) is 5.91 Å². The lowest BCUT2D eigenvalue weighted by atomic mass is 10.1. The molecule has 2 heterocycles. The first-order valence-electron chi connectivity index (χ1n) is 10.1. The van der Waals surface area contributed by atoms with Gasteiger partial charge in [-0.2, -0.15) is 9.98 Å². The van der Waals surface area contributed by atoms with Gasteiger partial charge in [-0.1, -0.05) is 29.8 Å². The van der Waals surface area contributed by atoms with Gasteiger partial charge in [-0.25, -0.2) is 4.98 Å². The average molecular weight is 468 g/mol. The maximum atomic E-state index is 12.5. The second-order valence-corrected chi connectivity index (χ2v) is 8.47. The second-order valence-electron chi connectivity index (χ2n) is 7.03. The Labute approximate surface area is 195 Å². The van der Waals surface area contributed by atoms with Crippen LogP contribution in [0, 0.1) is 6.92 Å². The SMILES string of the molecule is CCOc1nc(NC)nc2ccc(C=C3SC(NCc4c(C)cccc4Cl)=NC3=O)cc12. The number of aryl methyl sites for hydroxylation is 1. The Morgan fingerprint density at radius 3 is 2.81 bits per heavy atom. The van der Waals surface area contributed by atoms with Crippen molar-refractivity contribution in [1.82, 2.24) is 15.3 Å². The summed E-state index contributed by atoms with van der Waals surface area (Å²) in [6, 6.07) is 11.5. The molecule has 0 atom stereocenters. The number of carbonyl (C=O) groups is 1. The number of hydrogen-bond donors (Lipinski definition) is 2. The number of rotatable bonds is 6. The van der Waals surface area contributed by atoms with E-state index in [-0.39, 0.29) is 5.91 Å². The van der Waals surface area contributed by atoms with Crippen LogP contribution in [0.5, 0.6) is 5.88 Å². The number of benzene rings is 2. The van der Waals surface area contributed by atoms with Gasteiger partial charge in [0.2, 0.25) is 11.8 Å². The fourth-order valence-corrected chi connectivity index (χ4v) is 4.35. The van der Waals surface area contributed by atoms with Crippen LogP contribution in [-0.4, -0.2) is 34.7 Å². The Bertz CT molecular complexity index is 1240. The molecule has 4 rings (SSSR count). The predicted molar refractivity (Wildman–Crippen MR) is 131 cm³/mol. The third kappa shape index (κ3) is 4.71. The fourth-order valence-electron chi connectivity index (χ4n) is 3.26. The van der Waals surface area contributed by atoms with Crippen LogP contribution in [0.3, 0.4) is 0 Å². The Morgan fingerprint density at radius 2 is 2.06 bits per heavy atom. The minimum Gasteiger partial charge on any atom is -0.477 e. The molecular weight excluding hydrogens is 446 g/mol. The molecule has 9 heteroatoms. The van der Waals surface area contributed by atoms with Crippen molar-refractivity contribution in [3.8, 4) is 5.88 Å². The molecule has 1 amide bonds. The molecule has 32 heavy (non-hydrogen) atoms. The number of amidine groups is 1. The molecule has 0 radical (unpaired) electrons. The van der Waals surface area contributed by atoms with Crippen LogP contribution < -0.4 is 15.4 Å². The molecule has 0 saturated heterocycles. The van der Waals surface area contributed by atoms with E-state index in [4.69, 9.17) is 16.3 Å². The number of nitrogens with one attached hydrogen (secondary N) is 2. The van der Waals surface area contributed by atoms with Crippen LogP contribution in [-0.2, 0) is 11.3 Å². The van der Waals surface area contributed by atoms with E-state index in [1.54, 1.807) is 7.05 Å². The van der Waals surface area contributed by atoms with Gasteiger partial charge >= 0.3 is 0 Å². The van der Waals surface area contributed by atoms with Crippen LogP contribution in [0.4, 0.5) is 5.95 Å². The topological polar surface area (TPSA) is 88.5 Å². The smallest absolute Gasteiger partial charge is 0.286 e. The lowest BCUT2D eigenvalue weighted by molar-refractivity contribution is -0.113. The van der Waals surface area contributed by atoms with Crippen molar-refractivity contribution in [2.24, 2.45) is 4.99 Å². The number of fused-ring (bicyclic) bond motifs is 1. The van der Waals surface area contributed by atoms with Gasteiger partial charge in [0, 0.05) is 18.6 Å². The van der Waals surface area contributed by atoms with E-state index in [1.165, 1.54) is 11.8 Å². The molecule has 0 unspecified atom stereocenters. The van der Waals surface area contributed by atoms with Gasteiger partial charge in [-0.3, -0.25) is 4.79 Å². The Kier molecular flexibility index (Phi) is 6.62. The minimum absolute atomic E-state index is 0.278. The minimum atomic E-state index is -0.278. The zero-order valence-electron chi connectivity index (χ0n) is 17.9. The van der Waals surface area contributed by atoms with E-state index in [9.17, 15) is 4.79 Å². The molecule has 1 aliphatic rings. The molecule has 164 valence electrons. The van der Waals surface area contributed by atoms with Gasteiger partial charge in [0.15, 0.2) is 5.17 Å². The summed E-state index contributed by atoms with van der Waals surface area (Å²) in [4.78, 5) is 26.0. The number of aliphatic imine (C=N–C) groups is 1. The van der Waals surface area contributed by atoms with Crippen molar-refractivity contribution >= 4 is 57.4 Å². The zero-order valence-corrected chi connectivity index (χ0v) is 19.5. The lowest BCUT2D eigenvalue weighted by Crippen LogP contribution is -2.19. The highest BCUT2D eigenvalue weighted by Crippen LogP contribution is 2.31. The van der Waals surface area contributed by atoms with Crippen LogP contribution in [0.2, 0.25) is 5.02 Å². The Hall–Kier alpha value is -3.10. The third-order valence-electron chi connectivity index (χ3n) is 4.88. The lowest BCUT2D eigenvalue weighted by Gasteiger charge is -2.10. The van der Waals surface area contributed by atoms with Crippen LogP contribution >= 0.6 is 23.4 Å². The van der Waals surface area contributed by atoms with E-state index < -0.39 is 0 Å². The number of carbonyl (C=O) groups excluding carboxylic acids is 1. The summed E-state index contributed by atoms with van der Waals surface area (Å²) < 4.78 is 5.69. The van der Waals surface area contributed by atoms with Gasteiger partial charge in [-0.05, 0) is 66.6 Å². The molecule has 1 aromatic heterocycles. The summed E-state index contributed by atoms with van der Waals surface area (Å²) >= 11 is 7.60. The summed E-state index contributed by atoms with van der Waals surface area (Å²) in [6.45, 7) is 4.89. The maximum absolute atomic E-state index is 12.5. The van der Waals surface area contributed by atoms with Crippen molar-refractivity contribution in [1.29, 1.82) is 0 Å². The van der Waals surface area contributed by atoms with Gasteiger partial charge in [0.1, 0.15) is 0 Å². The number of amides is 1. The number of thioether (sulfide) groups is 1. The third-order valence-corrected chi connectivity index (χ3v) is 6.17. The molecule has 0 bridgehead atoms. The number of anilines is 1. The normalized spacial score (nSPS) is 14.7. The highest BCUT2D eigenvalue weighted by atomic mass is 35.5. The van der Waals surface area contributed by atoms with Crippen molar-refractivity contribution in [3.05, 3.63) is 63.0 Å². The van der Waals surface area contributed by atoms with Crippen molar-refractivity contribution in [2.45, 2.75) is 20.4 Å². The Balaban J connectivity index is 1.54. The van der Waals surface area contributed by atoms with Crippen molar-refractivity contribution < 1.29 is 9.53 Å². The first kappa shape index (κ1) is 22.1. The molecule has 2 N–H and O–H groups in total. The summed E-state index contributed by atoms with van der Waals surface area (Å²) in [5.74, 6) is 0.716. The first-order chi connectivity index (χ1) is 15.5. The van der Waals surface area contributed by atoms with Crippen LogP contribution in [0.1, 0.15) is 23.6 Å². The summed E-state index contributed by atoms with van der Waals surface area (Å²) in [6.07, 6.45) is 1.81. The molecule has 1 aliphatic heterocycles. The molecule has 0 fully saturated rings. The van der Waals surface area contributed by atoms with E-state index >= 15 is 0 Å². The van der Waals surface area contributed by atoms with Gasteiger partial charge in [0.05, 0.1) is 22.4 Å². The predicted octanol–water partition coefficient (Wildman–Crippen LogP) is 4.79. The van der Waals surface area contributed by atoms with Crippen molar-refractivity contribution in [2.75, 3.05) is 19.0 Å². The molecule has 2 aromatic carbocycles. The number of ether oxygens (including phenoxy) is 1. The molecule has 0 saturated carbocycles. The van der Waals surface area contributed by atoms with Crippen LogP contribution in [0.25, 0.3) is 17.0 Å². The second kappa shape index (κ2) is 9.58. The number of halogens is 1. The highest BCUT2D eigenvalue weighted by Gasteiger charge is 2.22. The monoisotopic (exact) mass is 467 g/mol. The average Bonchev–Trinajstić information content (AvgIpc) is 3.12. The standard InChI is InChI=1S/C23H22ClN5O2S/c1-4-31-21-15-10-14(8-9-18(15)27-22(25-3)29-21)11-19-20(30)28-23(32-19)26-12-16-13(2)6-5-7-17(16)24/h5-11H,4,12H2,1-3H3,(H,25,27,29)(H,26,28,30). The quantitative estimate of drug-likeness (QED) is 0.503. The van der Waals surface area contributed by atoms with E-state index in [0.29, 0.717) is 40.1 Å². The molecule has 3 aromatic rings. The maximum Gasteiger partial charge on any atom is 0.286 e. The van der Waals surface area contributed by atoms with E-state index in [1.807, 2.05) is 56.3 Å². The molecule has 7 nitrogen and oxygen atoms in total. The summed E-state index contributed by atoms with van der Waals surface area (Å²) in [7, 11) is 1.76. The highest BCUT2D eigenvalue weighted by molar-refractivity contribution is 8.18. The summed E-state index contributed by atoms with van der Waals surface area (Å²) in [5.41, 5.74) is 3.67. The number of aromatic nitrogens is 2. The molecule has 0 spiro atoms. The molecule has 0 aliphatic carbocycles. The first-order valence-corrected chi connectivity index (χ1v) is 11.3. The largest absolute Gasteiger partial charge is 0.477 e. The zero-order chi connectivity index (χ0) is 22.7. The Morgan fingerprint density at radius 1 is 1.22 bits per heavy atom. The van der Waals surface area contributed by atoms with E-state index in [0.717, 1.165) is 27.6 Å². The summed E-state index contributed by atoms with van der Waals surface area (Å²) in [5, 5.41) is 8.18. The number of nitrogens with zero attached hydrogens (tertiary/aromatic N) is 3. The van der Waals surface area contributed by atoms with Gasteiger partial charge in [-0.15, -0.1) is 0 Å². The number of hydrogen-bond acceptors (Lipinski definition) is 7.